The summed E-state index contributed by atoms with van der Waals surface area (Å²) in [6.07, 6.45) is 0. The van der Waals surface area contributed by atoms with Gasteiger partial charge in [0.05, 0.1) is 5.56 Å². The van der Waals surface area contributed by atoms with Crippen LogP contribution in [0.4, 0.5) is 8.78 Å². The van der Waals surface area contributed by atoms with Crippen molar-refractivity contribution >= 4 is 17.7 Å². The third kappa shape index (κ3) is 5.87. The van der Waals surface area contributed by atoms with Crippen LogP contribution in [0.25, 0.3) is 0 Å². The lowest BCUT2D eigenvalue weighted by atomic mass is 10.0. The number of aryl methyl sites for hydroxylation is 2. The molecule has 0 spiro atoms. The van der Waals surface area contributed by atoms with Crippen molar-refractivity contribution in [3.63, 3.8) is 0 Å². The maximum absolute atomic E-state index is 12.4. The number of nitrogens with one attached hydrogen (secondary N) is 1. The largest absolute Gasteiger partial charge is 0.456 e. The number of rotatable bonds is 8. The number of Topliss-reactive ketones (excluding diaryl/α,β-unsaturated/α-hetero) is 1. The van der Waals surface area contributed by atoms with Crippen molar-refractivity contribution in [3.05, 3.63) is 64.7 Å². The number of alkyl halides is 2. The highest BCUT2D eigenvalue weighted by Crippen LogP contribution is 2.20. The number of halogens is 2. The molecule has 8 heteroatoms. The summed E-state index contributed by atoms with van der Waals surface area (Å²) < 4.78 is 33.9. The summed E-state index contributed by atoms with van der Waals surface area (Å²) in [7, 11) is 0. The highest BCUT2D eigenvalue weighted by molar-refractivity contribution is 6.00. The second-order valence-corrected chi connectivity index (χ2v) is 5.96. The molecule has 0 aliphatic heterocycles. The van der Waals surface area contributed by atoms with Crippen molar-refractivity contribution < 1.29 is 32.6 Å². The monoisotopic (exact) mass is 391 g/mol. The van der Waals surface area contributed by atoms with E-state index in [4.69, 9.17) is 4.74 Å². The van der Waals surface area contributed by atoms with Crippen LogP contribution in [0.5, 0.6) is 5.75 Å². The second kappa shape index (κ2) is 9.59. The molecule has 0 aromatic heterocycles. The Balaban J connectivity index is 1.87. The number of esters is 1. The number of hydrogen-bond acceptors (Lipinski definition) is 5. The molecule has 0 atom stereocenters. The van der Waals surface area contributed by atoms with Crippen LogP contribution in [0.2, 0.25) is 0 Å². The molecule has 0 saturated carbocycles. The number of ketones is 1. The van der Waals surface area contributed by atoms with Crippen molar-refractivity contribution in [3.8, 4) is 5.75 Å². The van der Waals surface area contributed by atoms with Gasteiger partial charge < -0.3 is 14.8 Å². The lowest BCUT2D eigenvalue weighted by molar-refractivity contribution is -0.141. The van der Waals surface area contributed by atoms with E-state index in [1.807, 2.05) is 13.0 Å². The average Bonchev–Trinajstić information content (AvgIpc) is 2.64. The third-order valence-corrected chi connectivity index (χ3v) is 3.79. The Kier molecular flexibility index (Phi) is 7.20. The fourth-order valence-electron chi connectivity index (χ4n) is 2.50. The van der Waals surface area contributed by atoms with Crippen LogP contribution in [0.15, 0.2) is 42.5 Å². The summed E-state index contributed by atoms with van der Waals surface area (Å²) in [5, 5.41) is 2.25. The number of hydrogen-bond donors (Lipinski definition) is 1. The first-order chi connectivity index (χ1) is 13.3. The van der Waals surface area contributed by atoms with Crippen molar-refractivity contribution in [2.24, 2.45) is 0 Å². The molecule has 28 heavy (non-hydrogen) atoms. The maximum atomic E-state index is 12.4. The van der Waals surface area contributed by atoms with Crippen LogP contribution in [0, 0.1) is 13.8 Å². The standard InChI is InChI=1S/C20H19F2NO5/c1-12-7-8-14(13(2)9-12)16(24)11-27-18(25)10-23-19(26)15-5-3-4-6-17(15)28-20(21)22/h3-9,20H,10-11H2,1-2H3,(H,23,26). The first-order valence-corrected chi connectivity index (χ1v) is 8.36. The van der Waals surface area contributed by atoms with Gasteiger partial charge in [0.1, 0.15) is 12.3 Å². The lowest BCUT2D eigenvalue weighted by Crippen LogP contribution is -2.32. The number of amides is 1. The fraction of sp³-hybridized carbons (Fsp3) is 0.250. The van der Waals surface area contributed by atoms with E-state index >= 15 is 0 Å². The van der Waals surface area contributed by atoms with Gasteiger partial charge in [-0.25, -0.2) is 0 Å². The molecular weight excluding hydrogens is 372 g/mol. The van der Waals surface area contributed by atoms with Crippen LogP contribution >= 0.6 is 0 Å². The lowest BCUT2D eigenvalue weighted by Gasteiger charge is -2.11. The first-order valence-electron chi connectivity index (χ1n) is 8.36. The van der Waals surface area contributed by atoms with E-state index in [0.29, 0.717) is 5.56 Å². The van der Waals surface area contributed by atoms with Gasteiger partial charge in [-0.1, -0.05) is 35.9 Å². The number of para-hydroxylation sites is 1. The molecule has 0 fully saturated rings. The highest BCUT2D eigenvalue weighted by atomic mass is 19.3. The van der Waals surface area contributed by atoms with Crippen molar-refractivity contribution in [2.45, 2.75) is 20.5 Å². The zero-order chi connectivity index (χ0) is 20.7. The van der Waals surface area contributed by atoms with E-state index in [2.05, 4.69) is 10.1 Å². The van der Waals surface area contributed by atoms with E-state index in [9.17, 15) is 23.2 Å². The Labute approximate surface area is 160 Å². The topological polar surface area (TPSA) is 81.7 Å². The molecule has 148 valence electrons. The first kappa shape index (κ1) is 21.0. The summed E-state index contributed by atoms with van der Waals surface area (Å²) in [5.41, 5.74) is 2.07. The molecule has 0 bridgehead atoms. The minimum Gasteiger partial charge on any atom is -0.456 e. The van der Waals surface area contributed by atoms with Gasteiger partial charge in [-0.3, -0.25) is 14.4 Å². The minimum atomic E-state index is -3.09. The maximum Gasteiger partial charge on any atom is 0.387 e. The molecule has 2 rings (SSSR count). The Morgan fingerprint density at radius 2 is 1.75 bits per heavy atom. The fourth-order valence-corrected chi connectivity index (χ4v) is 2.50. The number of ether oxygens (including phenoxy) is 2. The van der Waals surface area contributed by atoms with Gasteiger partial charge in [0.2, 0.25) is 5.78 Å². The smallest absolute Gasteiger partial charge is 0.387 e. The molecule has 1 N–H and O–H groups in total. The highest BCUT2D eigenvalue weighted by Gasteiger charge is 2.17. The number of benzene rings is 2. The van der Waals surface area contributed by atoms with E-state index < -0.39 is 31.6 Å². The van der Waals surface area contributed by atoms with Crippen molar-refractivity contribution in [2.75, 3.05) is 13.2 Å². The molecule has 0 aliphatic rings. The molecule has 0 aliphatic carbocycles. The predicted molar refractivity (Wildman–Crippen MR) is 96.6 cm³/mol. The van der Waals surface area contributed by atoms with Crippen LogP contribution in [-0.4, -0.2) is 37.4 Å². The molecular formula is C20H19F2NO5. The Morgan fingerprint density at radius 3 is 2.43 bits per heavy atom. The van der Waals surface area contributed by atoms with Gasteiger partial charge in [0, 0.05) is 5.56 Å². The quantitative estimate of drug-likeness (QED) is 0.553. The van der Waals surface area contributed by atoms with Crippen molar-refractivity contribution in [1.82, 2.24) is 5.32 Å². The van der Waals surface area contributed by atoms with Crippen LogP contribution < -0.4 is 10.1 Å². The van der Waals surface area contributed by atoms with E-state index in [1.165, 1.54) is 24.3 Å². The second-order valence-electron chi connectivity index (χ2n) is 5.96. The van der Waals surface area contributed by atoms with Crippen LogP contribution in [0.3, 0.4) is 0 Å². The summed E-state index contributed by atoms with van der Waals surface area (Å²) >= 11 is 0. The molecule has 1 amide bonds. The molecule has 0 unspecified atom stereocenters. The Hall–Kier alpha value is -3.29. The number of carbonyl (C=O) groups is 3. The summed E-state index contributed by atoms with van der Waals surface area (Å²) in [4.78, 5) is 36.0. The van der Waals surface area contributed by atoms with E-state index in [0.717, 1.165) is 11.1 Å². The van der Waals surface area contributed by atoms with E-state index in [-0.39, 0.29) is 17.1 Å². The third-order valence-electron chi connectivity index (χ3n) is 3.79. The molecule has 0 saturated heterocycles. The summed E-state index contributed by atoms with van der Waals surface area (Å²) in [6, 6.07) is 10.7. The van der Waals surface area contributed by atoms with Gasteiger partial charge in [0.25, 0.3) is 5.91 Å². The molecule has 2 aromatic rings. The van der Waals surface area contributed by atoms with Gasteiger partial charge in [-0.05, 0) is 31.5 Å². The normalized spacial score (nSPS) is 10.5. The predicted octanol–water partition coefficient (Wildman–Crippen LogP) is 3.06. The summed E-state index contributed by atoms with van der Waals surface area (Å²) in [6.45, 7) is -0.406. The molecule has 6 nitrogen and oxygen atoms in total. The zero-order valence-corrected chi connectivity index (χ0v) is 15.3. The van der Waals surface area contributed by atoms with Gasteiger partial charge in [0.15, 0.2) is 6.61 Å². The van der Waals surface area contributed by atoms with Gasteiger partial charge >= 0.3 is 12.6 Å². The van der Waals surface area contributed by atoms with Gasteiger partial charge in [-0.15, -0.1) is 0 Å². The molecule has 0 heterocycles. The zero-order valence-electron chi connectivity index (χ0n) is 15.3. The SMILES string of the molecule is Cc1ccc(C(=O)COC(=O)CNC(=O)c2ccccc2OC(F)F)c(C)c1. The minimum absolute atomic E-state index is 0.151. The van der Waals surface area contributed by atoms with Crippen LogP contribution in [0.1, 0.15) is 31.8 Å². The summed E-state index contributed by atoms with van der Waals surface area (Å²) in [5.74, 6) is -2.30. The molecule has 2 aromatic carbocycles. The average molecular weight is 391 g/mol. The van der Waals surface area contributed by atoms with Gasteiger partial charge in [-0.2, -0.15) is 8.78 Å². The Morgan fingerprint density at radius 1 is 1.04 bits per heavy atom. The number of carbonyl (C=O) groups excluding carboxylic acids is 3. The molecule has 0 radical (unpaired) electrons. The van der Waals surface area contributed by atoms with Crippen molar-refractivity contribution in [1.29, 1.82) is 0 Å². The van der Waals surface area contributed by atoms with Crippen LogP contribution in [-0.2, 0) is 9.53 Å². The van der Waals surface area contributed by atoms with E-state index in [1.54, 1.807) is 19.1 Å². The Bertz CT molecular complexity index is 883.